The van der Waals surface area contributed by atoms with Gasteiger partial charge >= 0.3 is 0 Å². The number of rotatable bonds is 5. The molecule has 0 aliphatic carbocycles. The molecule has 4 heteroatoms. The molecule has 1 aromatic carbocycles. The van der Waals surface area contributed by atoms with Gasteiger partial charge in [-0.15, -0.1) is 0 Å². The van der Waals surface area contributed by atoms with E-state index in [-0.39, 0.29) is 6.61 Å². The fraction of sp³-hybridized carbons (Fsp3) is 0.300. The molecule has 0 radical (unpaired) electrons. The van der Waals surface area contributed by atoms with Crippen molar-refractivity contribution in [1.82, 2.24) is 0 Å². The molecule has 3 nitrogen and oxygen atoms in total. The van der Waals surface area contributed by atoms with Gasteiger partial charge in [0.15, 0.2) is 0 Å². The number of aliphatic hydroxyl groups is 1. The molecule has 1 aromatic rings. The van der Waals surface area contributed by atoms with Crippen molar-refractivity contribution in [2.24, 2.45) is 0 Å². The van der Waals surface area contributed by atoms with Crippen LogP contribution in [-0.2, 0) is 0 Å². The number of hydrogen-bond acceptors (Lipinski definition) is 3. The van der Waals surface area contributed by atoms with Crippen molar-refractivity contribution in [3.8, 4) is 0 Å². The number of halogens is 1. The summed E-state index contributed by atoms with van der Waals surface area (Å²) < 4.78 is 0. The van der Waals surface area contributed by atoms with Crippen LogP contribution < -0.4 is 5.32 Å². The van der Waals surface area contributed by atoms with Gasteiger partial charge in [0, 0.05) is 35.6 Å². The summed E-state index contributed by atoms with van der Waals surface area (Å²) in [4.78, 5) is 0. The van der Waals surface area contributed by atoms with Crippen molar-refractivity contribution in [2.75, 3.05) is 18.5 Å². The maximum atomic E-state index is 8.61. The van der Waals surface area contributed by atoms with Crippen molar-refractivity contribution in [1.29, 1.82) is 5.41 Å². The standard InChI is InChI=1S/C10H13ClN2O/c11-9-3-2-8(7-12)10(6-9)13-4-1-5-14/h2-3,6-7,12-14H,1,4-5H2. The Morgan fingerprint density at radius 2 is 2.29 bits per heavy atom. The van der Waals surface area contributed by atoms with Gasteiger partial charge in [0.05, 0.1) is 0 Å². The van der Waals surface area contributed by atoms with E-state index in [1.54, 1.807) is 18.2 Å². The van der Waals surface area contributed by atoms with E-state index in [0.717, 1.165) is 11.3 Å². The maximum absolute atomic E-state index is 8.61. The van der Waals surface area contributed by atoms with E-state index in [4.69, 9.17) is 22.1 Å². The van der Waals surface area contributed by atoms with E-state index in [0.29, 0.717) is 18.0 Å². The molecule has 0 aliphatic rings. The van der Waals surface area contributed by atoms with Gasteiger partial charge in [-0.1, -0.05) is 11.6 Å². The molecule has 0 fully saturated rings. The number of benzene rings is 1. The normalized spacial score (nSPS) is 9.86. The molecule has 0 unspecified atom stereocenters. The van der Waals surface area contributed by atoms with Crippen LogP contribution in [-0.4, -0.2) is 24.5 Å². The molecule has 0 heterocycles. The second kappa shape index (κ2) is 5.62. The lowest BCUT2D eigenvalue weighted by atomic mass is 10.2. The minimum absolute atomic E-state index is 0.160. The zero-order valence-electron chi connectivity index (χ0n) is 7.76. The summed E-state index contributed by atoms with van der Waals surface area (Å²) in [5.41, 5.74) is 1.63. The largest absolute Gasteiger partial charge is 0.396 e. The highest BCUT2D eigenvalue weighted by molar-refractivity contribution is 6.31. The fourth-order valence-corrected chi connectivity index (χ4v) is 1.28. The summed E-state index contributed by atoms with van der Waals surface area (Å²) in [7, 11) is 0. The molecule has 0 amide bonds. The van der Waals surface area contributed by atoms with Gasteiger partial charge in [-0.05, 0) is 24.6 Å². The van der Waals surface area contributed by atoms with Crippen LogP contribution in [0.3, 0.4) is 0 Å². The SMILES string of the molecule is N=Cc1ccc(Cl)cc1NCCCO. The van der Waals surface area contributed by atoms with Gasteiger partial charge in [0.1, 0.15) is 0 Å². The van der Waals surface area contributed by atoms with E-state index in [9.17, 15) is 0 Å². The molecule has 0 aromatic heterocycles. The van der Waals surface area contributed by atoms with Crippen LogP contribution in [0.1, 0.15) is 12.0 Å². The van der Waals surface area contributed by atoms with E-state index < -0.39 is 0 Å². The van der Waals surface area contributed by atoms with E-state index in [2.05, 4.69) is 5.32 Å². The molecular weight excluding hydrogens is 200 g/mol. The van der Waals surface area contributed by atoms with E-state index >= 15 is 0 Å². The average molecular weight is 213 g/mol. The molecule has 3 N–H and O–H groups in total. The summed E-state index contributed by atoms with van der Waals surface area (Å²) in [5, 5.41) is 19.5. The number of anilines is 1. The molecule has 0 aliphatic heterocycles. The third-order valence-corrected chi connectivity index (χ3v) is 2.06. The van der Waals surface area contributed by atoms with Crippen LogP contribution in [0.5, 0.6) is 0 Å². The highest BCUT2D eigenvalue weighted by Gasteiger charge is 1.99. The van der Waals surface area contributed by atoms with Crippen molar-refractivity contribution in [2.45, 2.75) is 6.42 Å². The minimum Gasteiger partial charge on any atom is -0.396 e. The van der Waals surface area contributed by atoms with Gasteiger partial charge in [-0.25, -0.2) is 0 Å². The summed E-state index contributed by atoms with van der Waals surface area (Å²) in [6, 6.07) is 5.31. The Morgan fingerprint density at radius 1 is 1.50 bits per heavy atom. The predicted octanol–water partition coefficient (Wildman–Crippen LogP) is 2.13. The zero-order chi connectivity index (χ0) is 10.4. The Morgan fingerprint density at radius 3 is 2.93 bits per heavy atom. The maximum Gasteiger partial charge on any atom is 0.0447 e. The van der Waals surface area contributed by atoms with Gasteiger partial charge < -0.3 is 15.8 Å². The van der Waals surface area contributed by atoms with Crippen molar-refractivity contribution in [3.63, 3.8) is 0 Å². The third kappa shape index (κ3) is 3.01. The van der Waals surface area contributed by atoms with Crippen LogP contribution in [0, 0.1) is 5.41 Å². The first-order chi connectivity index (χ1) is 6.77. The number of hydrogen-bond donors (Lipinski definition) is 3. The minimum atomic E-state index is 0.160. The van der Waals surface area contributed by atoms with Crippen molar-refractivity contribution >= 4 is 23.5 Å². The van der Waals surface area contributed by atoms with Crippen LogP contribution in [0.15, 0.2) is 18.2 Å². The molecule has 14 heavy (non-hydrogen) atoms. The zero-order valence-corrected chi connectivity index (χ0v) is 8.51. The van der Waals surface area contributed by atoms with E-state index in [1.807, 2.05) is 0 Å². The summed E-state index contributed by atoms with van der Waals surface area (Å²) in [5.74, 6) is 0. The first-order valence-electron chi connectivity index (χ1n) is 4.42. The highest BCUT2D eigenvalue weighted by Crippen LogP contribution is 2.19. The van der Waals surface area contributed by atoms with Crippen molar-refractivity contribution < 1.29 is 5.11 Å². The topological polar surface area (TPSA) is 56.1 Å². The predicted molar refractivity (Wildman–Crippen MR) is 59.5 cm³/mol. The Balaban J connectivity index is 2.72. The Labute approximate surface area is 88.2 Å². The van der Waals surface area contributed by atoms with Gasteiger partial charge in [-0.2, -0.15) is 0 Å². The second-order valence-electron chi connectivity index (χ2n) is 2.88. The lowest BCUT2D eigenvalue weighted by Crippen LogP contribution is -2.05. The van der Waals surface area contributed by atoms with Gasteiger partial charge in [0.25, 0.3) is 0 Å². The molecular formula is C10H13ClN2O. The number of aliphatic hydroxyl groups excluding tert-OH is 1. The highest BCUT2D eigenvalue weighted by atomic mass is 35.5. The second-order valence-corrected chi connectivity index (χ2v) is 3.32. The fourth-order valence-electron chi connectivity index (χ4n) is 1.11. The summed E-state index contributed by atoms with van der Waals surface area (Å²) in [6.07, 6.45) is 1.96. The third-order valence-electron chi connectivity index (χ3n) is 1.82. The summed E-state index contributed by atoms with van der Waals surface area (Å²) >= 11 is 5.82. The van der Waals surface area contributed by atoms with Crippen LogP contribution >= 0.6 is 11.6 Å². The smallest absolute Gasteiger partial charge is 0.0447 e. The lowest BCUT2D eigenvalue weighted by molar-refractivity contribution is 0.292. The Hall–Kier alpha value is -1.06. The van der Waals surface area contributed by atoms with Crippen molar-refractivity contribution in [3.05, 3.63) is 28.8 Å². The van der Waals surface area contributed by atoms with Gasteiger partial charge in [0.2, 0.25) is 0 Å². The molecule has 0 saturated carbocycles. The monoisotopic (exact) mass is 212 g/mol. The van der Waals surface area contributed by atoms with Gasteiger partial charge in [-0.3, -0.25) is 0 Å². The average Bonchev–Trinajstić information content (AvgIpc) is 2.19. The quantitative estimate of drug-likeness (QED) is 0.517. The first kappa shape index (κ1) is 11.0. The Kier molecular flexibility index (Phi) is 4.43. The lowest BCUT2D eigenvalue weighted by Gasteiger charge is -2.08. The van der Waals surface area contributed by atoms with E-state index in [1.165, 1.54) is 6.21 Å². The summed E-state index contributed by atoms with van der Waals surface area (Å²) in [6.45, 7) is 0.838. The molecule has 0 spiro atoms. The Bertz CT molecular complexity index is 315. The molecule has 1 rings (SSSR count). The number of nitrogens with one attached hydrogen (secondary N) is 2. The van der Waals surface area contributed by atoms with Crippen LogP contribution in [0.25, 0.3) is 0 Å². The molecule has 76 valence electrons. The molecule has 0 saturated heterocycles. The first-order valence-corrected chi connectivity index (χ1v) is 4.80. The van der Waals surface area contributed by atoms with Crippen LogP contribution in [0.4, 0.5) is 5.69 Å². The molecule has 0 bridgehead atoms. The van der Waals surface area contributed by atoms with Crippen LogP contribution in [0.2, 0.25) is 5.02 Å². The molecule has 0 atom stereocenters.